The van der Waals surface area contributed by atoms with Gasteiger partial charge in [-0.2, -0.15) is 0 Å². The van der Waals surface area contributed by atoms with Gasteiger partial charge in [0.15, 0.2) is 0 Å². The molecular formula is C19H38N2. The average molecular weight is 295 g/mol. The highest BCUT2D eigenvalue weighted by Crippen LogP contribution is 2.33. The molecule has 0 amide bonds. The molecule has 124 valence electrons. The third kappa shape index (κ3) is 5.56. The molecule has 0 aromatic rings. The van der Waals surface area contributed by atoms with Gasteiger partial charge < -0.3 is 10.6 Å². The predicted molar refractivity (Wildman–Crippen MR) is 92.6 cm³/mol. The topological polar surface area (TPSA) is 24.1 Å². The zero-order valence-electron chi connectivity index (χ0n) is 14.8. The summed E-state index contributed by atoms with van der Waals surface area (Å²) in [4.78, 5) is 0. The van der Waals surface area contributed by atoms with Crippen LogP contribution in [0, 0.1) is 17.8 Å². The first-order chi connectivity index (χ1) is 10.1. The highest BCUT2D eigenvalue weighted by atomic mass is 15.0. The highest BCUT2D eigenvalue weighted by Gasteiger charge is 2.31. The van der Waals surface area contributed by atoms with Gasteiger partial charge >= 0.3 is 0 Å². The van der Waals surface area contributed by atoms with Crippen LogP contribution >= 0.6 is 0 Å². The molecule has 2 rings (SSSR count). The van der Waals surface area contributed by atoms with E-state index in [1.54, 1.807) is 0 Å². The first-order valence-electron chi connectivity index (χ1n) is 9.55. The number of nitrogens with one attached hydrogen (secondary N) is 2. The molecular weight excluding hydrogens is 256 g/mol. The van der Waals surface area contributed by atoms with Crippen LogP contribution < -0.4 is 10.6 Å². The van der Waals surface area contributed by atoms with E-state index >= 15 is 0 Å². The Balaban J connectivity index is 1.82. The minimum absolute atomic E-state index is 0.650. The van der Waals surface area contributed by atoms with Crippen molar-refractivity contribution in [1.29, 1.82) is 0 Å². The zero-order valence-corrected chi connectivity index (χ0v) is 14.8. The third-order valence-electron chi connectivity index (χ3n) is 5.82. The van der Waals surface area contributed by atoms with Crippen LogP contribution in [0.1, 0.15) is 79.1 Å². The molecule has 1 aliphatic heterocycles. The molecule has 2 fully saturated rings. The predicted octanol–water partition coefficient (Wildman–Crippen LogP) is 4.35. The summed E-state index contributed by atoms with van der Waals surface area (Å²) in [6.45, 7) is 10.9. The van der Waals surface area contributed by atoms with Gasteiger partial charge in [-0.25, -0.2) is 0 Å². The molecule has 2 aliphatic rings. The monoisotopic (exact) mass is 294 g/mol. The Morgan fingerprint density at radius 2 is 1.86 bits per heavy atom. The fourth-order valence-electron chi connectivity index (χ4n) is 4.56. The van der Waals surface area contributed by atoms with E-state index < -0.39 is 0 Å². The molecule has 21 heavy (non-hydrogen) atoms. The number of hydrogen-bond acceptors (Lipinski definition) is 2. The molecule has 5 atom stereocenters. The maximum Gasteiger partial charge on any atom is 0.0103 e. The molecule has 2 N–H and O–H groups in total. The van der Waals surface area contributed by atoms with Crippen molar-refractivity contribution in [3.05, 3.63) is 0 Å². The smallest absolute Gasteiger partial charge is 0.0103 e. The molecule has 5 unspecified atom stereocenters. The summed E-state index contributed by atoms with van der Waals surface area (Å²) in [6.07, 6.45) is 11.1. The Labute approximate surface area is 132 Å². The lowest BCUT2D eigenvalue weighted by molar-refractivity contribution is 0.157. The molecule has 0 radical (unpaired) electrons. The fourth-order valence-corrected chi connectivity index (χ4v) is 4.56. The summed E-state index contributed by atoms with van der Waals surface area (Å²) in [5, 5.41) is 7.76. The van der Waals surface area contributed by atoms with Gasteiger partial charge in [-0.15, -0.1) is 0 Å². The quantitative estimate of drug-likeness (QED) is 0.788. The molecule has 0 bridgehead atoms. The van der Waals surface area contributed by atoms with Crippen LogP contribution in [-0.4, -0.2) is 24.7 Å². The van der Waals surface area contributed by atoms with Crippen molar-refractivity contribution in [2.75, 3.05) is 6.54 Å². The Hall–Kier alpha value is -0.0800. The third-order valence-corrected chi connectivity index (χ3v) is 5.82. The molecule has 1 heterocycles. The van der Waals surface area contributed by atoms with E-state index in [-0.39, 0.29) is 0 Å². The first-order valence-corrected chi connectivity index (χ1v) is 9.55. The molecule has 1 saturated carbocycles. The van der Waals surface area contributed by atoms with Gasteiger partial charge in [0, 0.05) is 18.1 Å². The summed E-state index contributed by atoms with van der Waals surface area (Å²) < 4.78 is 0. The maximum absolute atomic E-state index is 4.01. The normalized spacial score (nSPS) is 36.4. The van der Waals surface area contributed by atoms with Gasteiger partial charge in [0.2, 0.25) is 0 Å². The molecule has 0 aromatic carbocycles. The van der Waals surface area contributed by atoms with Gasteiger partial charge in [0.25, 0.3) is 0 Å². The van der Waals surface area contributed by atoms with E-state index in [1.165, 1.54) is 57.9 Å². The van der Waals surface area contributed by atoms with Crippen molar-refractivity contribution in [3.63, 3.8) is 0 Å². The van der Waals surface area contributed by atoms with Gasteiger partial charge in [-0.3, -0.25) is 0 Å². The van der Waals surface area contributed by atoms with E-state index in [2.05, 4.69) is 38.3 Å². The Morgan fingerprint density at radius 3 is 2.62 bits per heavy atom. The fraction of sp³-hybridized carbons (Fsp3) is 1.00. The molecule has 0 aromatic heterocycles. The molecule has 0 spiro atoms. The van der Waals surface area contributed by atoms with Gasteiger partial charge in [-0.1, -0.05) is 40.0 Å². The number of rotatable bonds is 5. The minimum Gasteiger partial charge on any atom is -0.314 e. The van der Waals surface area contributed by atoms with Gasteiger partial charge in [-0.05, 0) is 63.3 Å². The van der Waals surface area contributed by atoms with Crippen molar-refractivity contribution in [2.45, 2.75) is 97.2 Å². The van der Waals surface area contributed by atoms with E-state index in [4.69, 9.17) is 0 Å². The van der Waals surface area contributed by atoms with Crippen molar-refractivity contribution in [3.8, 4) is 0 Å². The molecule has 2 nitrogen and oxygen atoms in total. The van der Waals surface area contributed by atoms with Crippen molar-refractivity contribution >= 4 is 0 Å². The lowest BCUT2D eigenvalue weighted by Gasteiger charge is -2.40. The van der Waals surface area contributed by atoms with Crippen LogP contribution in [0.5, 0.6) is 0 Å². The average Bonchev–Trinajstić information content (AvgIpc) is 2.66. The van der Waals surface area contributed by atoms with Gasteiger partial charge in [0.1, 0.15) is 0 Å². The van der Waals surface area contributed by atoms with E-state index in [0.29, 0.717) is 6.04 Å². The van der Waals surface area contributed by atoms with Crippen LogP contribution in [0.25, 0.3) is 0 Å². The summed E-state index contributed by atoms with van der Waals surface area (Å²) >= 11 is 0. The Kier molecular flexibility index (Phi) is 7.01. The van der Waals surface area contributed by atoms with Crippen molar-refractivity contribution in [1.82, 2.24) is 10.6 Å². The second-order valence-electron chi connectivity index (χ2n) is 8.24. The summed E-state index contributed by atoms with van der Waals surface area (Å²) in [7, 11) is 0. The van der Waals surface area contributed by atoms with Crippen LogP contribution in [0.3, 0.4) is 0 Å². The lowest BCUT2D eigenvalue weighted by Crippen LogP contribution is -2.48. The summed E-state index contributed by atoms with van der Waals surface area (Å²) in [5.41, 5.74) is 0. The van der Waals surface area contributed by atoms with Crippen LogP contribution in [0.2, 0.25) is 0 Å². The SMILES string of the molecule is CC1CCC(C(C)C)C(NC(C)CC2CCCCCN2)C1. The first kappa shape index (κ1) is 17.3. The van der Waals surface area contributed by atoms with Crippen molar-refractivity contribution < 1.29 is 0 Å². The summed E-state index contributed by atoms with van der Waals surface area (Å²) in [5.74, 6) is 2.60. The molecule has 2 heteroatoms. The Morgan fingerprint density at radius 1 is 1.05 bits per heavy atom. The van der Waals surface area contributed by atoms with E-state index in [0.717, 1.165) is 29.8 Å². The lowest BCUT2D eigenvalue weighted by atomic mass is 9.73. The van der Waals surface area contributed by atoms with Crippen LogP contribution in [0.15, 0.2) is 0 Å². The van der Waals surface area contributed by atoms with Gasteiger partial charge in [0.05, 0.1) is 0 Å². The van der Waals surface area contributed by atoms with E-state index in [9.17, 15) is 0 Å². The molecule has 1 saturated heterocycles. The second kappa shape index (κ2) is 8.53. The van der Waals surface area contributed by atoms with Crippen molar-refractivity contribution in [2.24, 2.45) is 17.8 Å². The minimum atomic E-state index is 0.650. The highest BCUT2D eigenvalue weighted by molar-refractivity contribution is 4.88. The standard InChI is InChI=1S/C19H38N2/c1-14(2)18-10-9-15(3)12-19(18)21-16(4)13-17-8-6-5-7-11-20-17/h14-21H,5-13H2,1-4H3. The maximum atomic E-state index is 4.01. The largest absolute Gasteiger partial charge is 0.314 e. The van der Waals surface area contributed by atoms with Crippen LogP contribution in [0.4, 0.5) is 0 Å². The van der Waals surface area contributed by atoms with E-state index in [1.807, 2.05) is 0 Å². The summed E-state index contributed by atoms with van der Waals surface area (Å²) in [6, 6.07) is 2.14. The zero-order chi connectivity index (χ0) is 15.2. The molecule has 1 aliphatic carbocycles. The number of hydrogen-bond donors (Lipinski definition) is 2. The Bertz CT molecular complexity index is 281. The van der Waals surface area contributed by atoms with Crippen LogP contribution in [-0.2, 0) is 0 Å². The second-order valence-corrected chi connectivity index (χ2v) is 8.24.